The van der Waals surface area contributed by atoms with Gasteiger partial charge in [-0.1, -0.05) is 41.9 Å². The number of halogens is 1. The molecule has 2 aliphatic rings. The van der Waals surface area contributed by atoms with Crippen molar-refractivity contribution in [1.29, 1.82) is 0 Å². The molecule has 0 spiro atoms. The maximum Gasteiger partial charge on any atom is 0.131 e. The smallest absolute Gasteiger partial charge is 0.131 e. The predicted molar refractivity (Wildman–Crippen MR) is 112 cm³/mol. The highest BCUT2D eigenvalue weighted by molar-refractivity contribution is 6.30. The van der Waals surface area contributed by atoms with Crippen molar-refractivity contribution in [3.63, 3.8) is 0 Å². The van der Waals surface area contributed by atoms with Crippen LogP contribution in [0.4, 0.5) is 0 Å². The standard InChI is InChI=1S/C24H22ClNO2/c1-27-18-9-6-16(7-10-18)13-26-14-21-19-4-2-3-5-23(19)28-24-11-8-17(25)12-20(24)22(21)15-26/h2-12,21-22H,13-15H2,1H3/t21-,22-/m0/s1. The molecule has 2 atom stereocenters. The number of rotatable bonds is 3. The average molecular weight is 392 g/mol. The summed E-state index contributed by atoms with van der Waals surface area (Å²) in [5, 5.41) is 0.765. The summed E-state index contributed by atoms with van der Waals surface area (Å²) in [4.78, 5) is 2.53. The van der Waals surface area contributed by atoms with E-state index in [1.54, 1.807) is 7.11 Å². The summed E-state index contributed by atoms with van der Waals surface area (Å²) in [6.07, 6.45) is 0. The van der Waals surface area contributed by atoms with Crippen LogP contribution in [0.5, 0.6) is 17.2 Å². The Morgan fingerprint density at radius 2 is 1.64 bits per heavy atom. The van der Waals surface area contributed by atoms with Gasteiger partial charge in [-0.15, -0.1) is 0 Å². The van der Waals surface area contributed by atoms with Crippen molar-refractivity contribution in [2.24, 2.45) is 0 Å². The highest BCUT2D eigenvalue weighted by Crippen LogP contribution is 2.50. The van der Waals surface area contributed by atoms with E-state index in [1.807, 2.05) is 30.3 Å². The summed E-state index contributed by atoms with van der Waals surface area (Å²) in [6, 6.07) is 22.8. The Kier molecular flexibility index (Phi) is 4.50. The Labute approximate surface area is 170 Å². The first-order valence-corrected chi connectivity index (χ1v) is 10.0. The van der Waals surface area contributed by atoms with Crippen molar-refractivity contribution in [1.82, 2.24) is 4.90 Å². The predicted octanol–water partition coefficient (Wildman–Crippen LogP) is 5.84. The number of benzene rings is 3. The molecule has 0 aromatic heterocycles. The van der Waals surface area contributed by atoms with Crippen LogP contribution in [-0.2, 0) is 6.54 Å². The zero-order chi connectivity index (χ0) is 19.1. The second-order valence-electron chi connectivity index (χ2n) is 7.58. The zero-order valence-electron chi connectivity index (χ0n) is 15.8. The molecule has 3 nitrogen and oxygen atoms in total. The number of likely N-dealkylation sites (tertiary alicyclic amines) is 1. The Morgan fingerprint density at radius 1 is 0.929 bits per heavy atom. The summed E-state index contributed by atoms with van der Waals surface area (Å²) in [7, 11) is 1.70. The molecular weight excluding hydrogens is 370 g/mol. The molecule has 0 N–H and O–H groups in total. The molecule has 28 heavy (non-hydrogen) atoms. The van der Waals surface area contributed by atoms with Gasteiger partial charge in [0.25, 0.3) is 0 Å². The molecule has 2 aliphatic heterocycles. The molecule has 0 saturated carbocycles. The number of hydrogen-bond acceptors (Lipinski definition) is 3. The fourth-order valence-electron chi connectivity index (χ4n) is 4.53. The molecule has 0 unspecified atom stereocenters. The van der Waals surface area contributed by atoms with Crippen LogP contribution in [0.2, 0.25) is 5.02 Å². The van der Waals surface area contributed by atoms with E-state index in [0.717, 1.165) is 41.9 Å². The van der Waals surface area contributed by atoms with E-state index in [1.165, 1.54) is 16.7 Å². The lowest BCUT2D eigenvalue weighted by molar-refractivity contribution is 0.321. The molecule has 5 rings (SSSR count). The molecule has 3 aromatic carbocycles. The summed E-state index contributed by atoms with van der Waals surface area (Å²) in [5.74, 6) is 3.55. The summed E-state index contributed by atoms with van der Waals surface area (Å²) >= 11 is 6.35. The van der Waals surface area contributed by atoms with Crippen molar-refractivity contribution < 1.29 is 9.47 Å². The van der Waals surface area contributed by atoms with Gasteiger partial charge in [0.1, 0.15) is 17.2 Å². The minimum Gasteiger partial charge on any atom is -0.497 e. The second-order valence-corrected chi connectivity index (χ2v) is 8.01. The largest absolute Gasteiger partial charge is 0.497 e. The van der Waals surface area contributed by atoms with Gasteiger partial charge in [0.05, 0.1) is 7.11 Å². The minimum absolute atomic E-state index is 0.371. The molecule has 4 heteroatoms. The first-order chi connectivity index (χ1) is 13.7. The molecule has 2 heterocycles. The molecule has 142 valence electrons. The Hall–Kier alpha value is -2.49. The quantitative estimate of drug-likeness (QED) is 0.560. The molecule has 3 aromatic rings. The summed E-state index contributed by atoms with van der Waals surface area (Å²) in [6.45, 7) is 2.92. The first-order valence-electron chi connectivity index (χ1n) is 9.63. The SMILES string of the molecule is COc1ccc(CN2C[C@H]3c4ccccc4Oc4ccc(Cl)cc4[C@@H]3C2)cc1. The van der Waals surface area contributed by atoms with Crippen LogP contribution in [0.1, 0.15) is 28.5 Å². The maximum atomic E-state index is 6.35. The summed E-state index contributed by atoms with van der Waals surface area (Å²) < 4.78 is 11.6. The van der Waals surface area contributed by atoms with Crippen LogP contribution in [0.3, 0.4) is 0 Å². The molecule has 1 fully saturated rings. The van der Waals surface area contributed by atoms with E-state index >= 15 is 0 Å². The normalized spacial score (nSPS) is 20.5. The lowest BCUT2D eigenvalue weighted by Crippen LogP contribution is -2.20. The topological polar surface area (TPSA) is 21.7 Å². The third-order valence-electron chi connectivity index (χ3n) is 5.87. The van der Waals surface area contributed by atoms with E-state index in [2.05, 4.69) is 41.3 Å². The molecule has 0 bridgehead atoms. The third kappa shape index (κ3) is 3.15. The molecule has 0 aliphatic carbocycles. The fourth-order valence-corrected chi connectivity index (χ4v) is 4.71. The van der Waals surface area contributed by atoms with E-state index in [4.69, 9.17) is 21.1 Å². The van der Waals surface area contributed by atoms with E-state index in [9.17, 15) is 0 Å². The number of fused-ring (bicyclic) bond motifs is 5. The summed E-state index contributed by atoms with van der Waals surface area (Å²) in [5.41, 5.74) is 3.80. The van der Waals surface area contributed by atoms with Gasteiger partial charge in [0, 0.05) is 42.1 Å². The van der Waals surface area contributed by atoms with Crippen LogP contribution in [0.15, 0.2) is 66.7 Å². The van der Waals surface area contributed by atoms with Gasteiger partial charge >= 0.3 is 0 Å². The lowest BCUT2D eigenvalue weighted by atomic mass is 9.84. The highest BCUT2D eigenvalue weighted by atomic mass is 35.5. The molecule has 1 saturated heterocycles. The average Bonchev–Trinajstić information content (AvgIpc) is 3.08. The third-order valence-corrected chi connectivity index (χ3v) is 6.11. The highest BCUT2D eigenvalue weighted by Gasteiger charge is 2.39. The van der Waals surface area contributed by atoms with Crippen molar-refractivity contribution >= 4 is 11.6 Å². The van der Waals surface area contributed by atoms with Gasteiger partial charge in [-0.05, 0) is 47.5 Å². The Morgan fingerprint density at radius 3 is 2.43 bits per heavy atom. The van der Waals surface area contributed by atoms with Crippen LogP contribution >= 0.6 is 11.6 Å². The van der Waals surface area contributed by atoms with Crippen LogP contribution in [0, 0.1) is 0 Å². The van der Waals surface area contributed by atoms with Gasteiger partial charge in [-0.2, -0.15) is 0 Å². The maximum absolute atomic E-state index is 6.35. The minimum atomic E-state index is 0.371. The number of nitrogens with zero attached hydrogens (tertiary/aromatic N) is 1. The van der Waals surface area contributed by atoms with Crippen molar-refractivity contribution in [3.8, 4) is 17.2 Å². The van der Waals surface area contributed by atoms with Crippen molar-refractivity contribution in [3.05, 3.63) is 88.4 Å². The van der Waals surface area contributed by atoms with Crippen molar-refractivity contribution in [2.45, 2.75) is 18.4 Å². The Balaban J connectivity index is 1.49. The van der Waals surface area contributed by atoms with Crippen LogP contribution < -0.4 is 9.47 Å². The second kappa shape index (κ2) is 7.16. The first kappa shape index (κ1) is 17.6. The molecular formula is C24H22ClNO2. The zero-order valence-corrected chi connectivity index (χ0v) is 16.5. The number of methoxy groups -OCH3 is 1. The van der Waals surface area contributed by atoms with E-state index < -0.39 is 0 Å². The molecule has 0 radical (unpaired) electrons. The van der Waals surface area contributed by atoms with Gasteiger partial charge in [0.15, 0.2) is 0 Å². The molecule has 0 amide bonds. The van der Waals surface area contributed by atoms with Gasteiger partial charge in [-0.25, -0.2) is 0 Å². The van der Waals surface area contributed by atoms with Gasteiger partial charge < -0.3 is 9.47 Å². The van der Waals surface area contributed by atoms with Gasteiger partial charge in [-0.3, -0.25) is 4.90 Å². The number of para-hydroxylation sites is 1. The van der Waals surface area contributed by atoms with E-state index in [-0.39, 0.29) is 0 Å². The number of ether oxygens (including phenoxy) is 2. The number of hydrogen-bond donors (Lipinski definition) is 0. The monoisotopic (exact) mass is 391 g/mol. The van der Waals surface area contributed by atoms with E-state index in [0.29, 0.717) is 11.8 Å². The Bertz CT molecular complexity index is 1000. The van der Waals surface area contributed by atoms with Crippen LogP contribution in [-0.4, -0.2) is 25.1 Å². The fraction of sp³-hybridized carbons (Fsp3) is 0.250. The van der Waals surface area contributed by atoms with Gasteiger partial charge in [0.2, 0.25) is 0 Å². The van der Waals surface area contributed by atoms with Crippen LogP contribution in [0.25, 0.3) is 0 Å². The lowest BCUT2D eigenvalue weighted by Gasteiger charge is -2.18. The van der Waals surface area contributed by atoms with Crippen molar-refractivity contribution in [2.75, 3.05) is 20.2 Å².